The second kappa shape index (κ2) is 10.4. The molecule has 0 aliphatic heterocycles. The molecule has 0 fully saturated rings. The minimum atomic E-state index is 0.435. The molecule has 3 aromatic rings. The Morgan fingerprint density at radius 2 is 1.65 bits per heavy atom. The SMILES string of the molecule is CC.Cc1ccc(Sc2ncccc2/C=[N+](\O)Cc2ccccc2)cc1. The summed E-state index contributed by atoms with van der Waals surface area (Å²) in [5.41, 5.74) is 3.17. The highest BCUT2D eigenvalue weighted by Crippen LogP contribution is 2.28. The summed E-state index contributed by atoms with van der Waals surface area (Å²) in [7, 11) is 0. The Bertz CT molecular complexity index is 830. The lowest BCUT2D eigenvalue weighted by Crippen LogP contribution is -2.09. The molecule has 0 amide bonds. The molecule has 0 unspecified atom stereocenters. The minimum absolute atomic E-state index is 0.435. The molecule has 0 atom stereocenters. The molecule has 2 aromatic carbocycles. The van der Waals surface area contributed by atoms with Gasteiger partial charge in [0.05, 0.1) is 5.56 Å². The van der Waals surface area contributed by atoms with Crippen molar-refractivity contribution in [2.45, 2.75) is 37.2 Å². The summed E-state index contributed by atoms with van der Waals surface area (Å²) in [6.45, 7) is 6.51. The summed E-state index contributed by atoms with van der Waals surface area (Å²) in [5, 5.41) is 11.1. The van der Waals surface area contributed by atoms with Gasteiger partial charge in [0.2, 0.25) is 12.8 Å². The van der Waals surface area contributed by atoms with Crippen LogP contribution in [0.2, 0.25) is 0 Å². The highest BCUT2D eigenvalue weighted by molar-refractivity contribution is 7.99. The maximum absolute atomic E-state index is 10.2. The van der Waals surface area contributed by atoms with Gasteiger partial charge in [0.25, 0.3) is 0 Å². The van der Waals surface area contributed by atoms with Crippen LogP contribution in [-0.4, -0.2) is 21.1 Å². The Kier molecular flexibility index (Phi) is 7.90. The van der Waals surface area contributed by atoms with Crippen molar-refractivity contribution < 1.29 is 9.95 Å². The molecule has 134 valence electrons. The van der Waals surface area contributed by atoms with Crippen LogP contribution in [0.25, 0.3) is 0 Å². The summed E-state index contributed by atoms with van der Waals surface area (Å²) < 4.78 is 1.20. The largest absolute Gasteiger partial charge is 0.290 e. The standard InChI is InChI=1S/C20H19N2OS.C2H6/c1-16-9-11-19(12-10-16)24-20-18(8-5-13-21-20)15-22(23)14-17-6-3-2-4-7-17;1-2/h2-13,15,23H,14H2,1H3;1-2H3/q+1;. The first-order valence-corrected chi connectivity index (χ1v) is 9.56. The fraction of sp³-hybridized carbons (Fsp3) is 0.182. The molecular formula is C22H25N2OS+. The zero-order chi connectivity index (χ0) is 18.8. The third-order valence-electron chi connectivity index (χ3n) is 3.51. The molecule has 1 heterocycles. The van der Waals surface area contributed by atoms with Crippen molar-refractivity contribution in [3.05, 3.63) is 89.6 Å². The summed E-state index contributed by atoms with van der Waals surface area (Å²) in [4.78, 5) is 5.58. The first-order valence-electron chi connectivity index (χ1n) is 8.74. The van der Waals surface area contributed by atoms with Gasteiger partial charge < -0.3 is 0 Å². The molecule has 1 aromatic heterocycles. The van der Waals surface area contributed by atoms with Gasteiger partial charge in [-0.15, -0.1) is 0 Å². The molecule has 3 nitrogen and oxygen atoms in total. The van der Waals surface area contributed by atoms with Crippen LogP contribution in [0.5, 0.6) is 0 Å². The zero-order valence-corrected chi connectivity index (χ0v) is 16.3. The van der Waals surface area contributed by atoms with Crippen molar-refractivity contribution in [2.75, 3.05) is 0 Å². The van der Waals surface area contributed by atoms with Crippen molar-refractivity contribution in [3.8, 4) is 0 Å². The molecule has 0 radical (unpaired) electrons. The Hall–Kier alpha value is -2.59. The van der Waals surface area contributed by atoms with E-state index >= 15 is 0 Å². The van der Waals surface area contributed by atoms with E-state index in [9.17, 15) is 5.21 Å². The van der Waals surface area contributed by atoms with Crippen LogP contribution < -0.4 is 0 Å². The van der Waals surface area contributed by atoms with Crippen molar-refractivity contribution in [1.29, 1.82) is 0 Å². The van der Waals surface area contributed by atoms with E-state index in [1.54, 1.807) is 24.2 Å². The number of nitrogens with zero attached hydrogens (tertiary/aromatic N) is 2. The van der Waals surface area contributed by atoms with Gasteiger partial charge >= 0.3 is 0 Å². The average Bonchev–Trinajstić information content (AvgIpc) is 2.67. The van der Waals surface area contributed by atoms with E-state index < -0.39 is 0 Å². The Morgan fingerprint density at radius 1 is 0.962 bits per heavy atom. The number of hydroxylamine groups is 1. The van der Waals surface area contributed by atoms with Crippen molar-refractivity contribution in [2.24, 2.45) is 0 Å². The van der Waals surface area contributed by atoms with Crippen molar-refractivity contribution >= 4 is 18.0 Å². The fourth-order valence-corrected chi connectivity index (χ4v) is 3.13. The molecule has 0 bridgehead atoms. The molecule has 4 heteroatoms. The van der Waals surface area contributed by atoms with Crippen LogP contribution in [0.4, 0.5) is 0 Å². The normalized spacial score (nSPS) is 10.8. The molecule has 0 saturated heterocycles. The first-order chi connectivity index (χ1) is 12.7. The maximum Gasteiger partial charge on any atom is 0.225 e. The quantitative estimate of drug-likeness (QED) is 0.277. The summed E-state index contributed by atoms with van der Waals surface area (Å²) in [5.74, 6) is 0. The summed E-state index contributed by atoms with van der Waals surface area (Å²) in [6.07, 6.45) is 3.49. The molecule has 1 N–H and O–H groups in total. The van der Waals surface area contributed by atoms with Crippen molar-refractivity contribution in [1.82, 2.24) is 4.98 Å². The molecule has 26 heavy (non-hydrogen) atoms. The van der Waals surface area contributed by atoms with Gasteiger partial charge in [0.1, 0.15) is 5.03 Å². The van der Waals surface area contributed by atoms with Gasteiger partial charge in [0, 0.05) is 16.7 Å². The predicted octanol–water partition coefficient (Wildman–Crippen LogP) is 5.59. The number of benzene rings is 2. The Balaban J connectivity index is 0.00000117. The molecule has 0 aliphatic carbocycles. The van der Waals surface area contributed by atoms with Gasteiger partial charge in [-0.3, -0.25) is 5.21 Å². The molecule has 0 spiro atoms. The maximum atomic E-state index is 10.2. The van der Waals surface area contributed by atoms with Gasteiger partial charge in [-0.25, -0.2) is 4.98 Å². The third-order valence-corrected chi connectivity index (χ3v) is 4.55. The predicted molar refractivity (Wildman–Crippen MR) is 108 cm³/mol. The van der Waals surface area contributed by atoms with Crippen LogP contribution in [0.1, 0.15) is 30.5 Å². The van der Waals surface area contributed by atoms with E-state index in [2.05, 4.69) is 36.2 Å². The summed E-state index contributed by atoms with van der Waals surface area (Å²) >= 11 is 1.59. The first kappa shape index (κ1) is 19.7. The monoisotopic (exact) mass is 365 g/mol. The lowest BCUT2D eigenvalue weighted by Gasteiger charge is -2.04. The number of aryl methyl sites for hydroxylation is 1. The van der Waals surface area contributed by atoms with E-state index in [-0.39, 0.29) is 0 Å². The lowest BCUT2D eigenvalue weighted by molar-refractivity contribution is -0.783. The van der Waals surface area contributed by atoms with E-state index in [0.29, 0.717) is 6.54 Å². The highest BCUT2D eigenvalue weighted by Gasteiger charge is 2.10. The number of rotatable bonds is 5. The van der Waals surface area contributed by atoms with Gasteiger partial charge in [-0.2, -0.15) is 0 Å². The van der Waals surface area contributed by atoms with E-state index in [1.807, 2.05) is 56.3 Å². The van der Waals surface area contributed by atoms with E-state index in [0.717, 1.165) is 21.0 Å². The highest BCUT2D eigenvalue weighted by atomic mass is 32.2. The third kappa shape index (κ3) is 6.05. The molecule has 0 aliphatic rings. The molecular weight excluding hydrogens is 340 g/mol. The van der Waals surface area contributed by atoms with Crippen LogP contribution >= 0.6 is 11.8 Å². The zero-order valence-electron chi connectivity index (χ0n) is 15.5. The Morgan fingerprint density at radius 3 is 2.35 bits per heavy atom. The smallest absolute Gasteiger partial charge is 0.225 e. The number of hydrogen-bond donors (Lipinski definition) is 1. The van der Waals surface area contributed by atoms with Gasteiger partial charge in [-0.1, -0.05) is 73.6 Å². The second-order valence-electron chi connectivity index (χ2n) is 5.53. The van der Waals surface area contributed by atoms with Crippen LogP contribution in [0, 0.1) is 6.92 Å². The fourth-order valence-electron chi connectivity index (χ4n) is 2.28. The number of hydrogen-bond acceptors (Lipinski definition) is 3. The van der Waals surface area contributed by atoms with E-state index in [1.165, 1.54) is 10.3 Å². The van der Waals surface area contributed by atoms with Crippen molar-refractivity contribution in [3.63, 3.8) is 0 Å². The topological polar surface area (TPSA) is 36.1 Å². The lowest BCUT2D eigenvalue weighted by atomic mass is 10.2. The van der Waals surface area contributed by atoms with Crippen LogP contribution in [-0.2, 0) is 6.54 Å². The summed E-state index contributed by atoms with van der Waals surface area (Å²) in [6, 6.07) is 22.0. The Labute approximate surface area is 160 Å². The van der Waals surface area contributed by atoms with Crippen LogP contribution in [0.3, 0.4) is 0 Å². The average molecular weight is 366 g/mol. The molecule has 0 saturated carbocycles. The molecule has 3 rings (SSSR count). The van der Waals surface area contributed by atoms with Gasteiger partial charge in [0.15, 0.2) is 0 Å². The van der Waals surface area contributed by atoms with Crippen LogP contribution in [0.15, 0.2) is 82.8 Å². The number of aromatic nitrogens is 1. The van der Waals surface area contributed by atoms with Gasteiger partial charge in [-0.05, 0) is 35.9 Å². The second-order valence-corrected chi connectivity index (χ2v) is 6.59. The number of pyridine rings is 1. The minimum Gasteiger partial charge on any atom is -0.290 e. The van der Waals surface area contributed by atoms with E-state index in [4.69, 9.17) is 0 Å².